The molecule has 0 amide bonds. The standard InChI is InChI=1S/C23H25NO2S/c25-23(26)15-7-2-1-3-10-16-27-22-17-20(18-11-5-4-6-12-18)19-13-8-9-14-21(19)24-22/h4-6,8-9,11-14,17H,1-3,7,10,15-16H2,(H,25,26). The number of hydrogen-bond donors (Lipinski definition) is 1. The lowest BCUT2D eigenvalue weighted by Gasteiger charge is -2.10. The molecule has 3 aromatic rings. The summed E-state index contributed by atoms with van der Waals surface area (Å²) in [5.74, 6) is 0.348. The summed E-state index contributed by atoms with van der Waals surface area (Å²) in [6, 6.07) is 21.0. The third-order valence-corrected chi connectivity index (χ3v) is 5.56. The highest BCUT2D eigenvalue weighted by Crippen LogP contribution is 2.31. The number of fused-ring (bicyclic) bond motifs is 1. The molecule has 140 valence electrons. The molecule has 0 saturated heterocycles. The number of hydrogen-bond acceptors (Lipinski definition) is 3. The van der Waals surface area contributed by atoms with E-state index in [0.717, 1.165) is 48.4 Å². The van der Waals surface area contributed by atoms with Crippen molar-refractivity contribution in [3.05, 3.63) is 60.7 Å². The summed E-state index contributed by atoms with van der Waals surface area (Å²) >= 11 is 1.81. The second-order valence-electron chi connectivity index (χ2n) is 6.65. The predicted molar refractivity (Wildman–Crippen MR) is 113 cm³/mol. The molecule has 0 atom stereocenters. The van der Waals surface area contributed by atoms with Crippen LogP contribution in [0.1, 0.15) is 38.5 Å². The topological polar surface area (TPSA) is 50.2 Å². The Balaban J connectivity index is 1.60. The molecule has 0 aliphatic heterocycles. The normalized spacial score (nSPS) is 11.0. The minimum Gasteiger partial charge on any atom is -0.481 e. The highest BCUT2D eigenvalue weighted by atomic mass is 32.2. The summed E-state index contributed by atoms with van der Waals surface area (Å²) in [7, 11) is 0. The molecule has 0 radical (unpaired) electrons. The van der Waals surface area contributed by atoms with Crippen LogP contribution in [0, 0.1) is 0 Å². The van der Waals surface area contributed by atoms with Gasteiger partial charge < -0.3 is 5.11 Å². The minimum atomic E-state index is -0.692. The van der Waals surface area contributed by atoms with E-state index in [1.165, 1.54) is 16.5 Å². The van der Waals surface area contributed by atoms with E-state index in [4.69, 9.17) is 10.1 Å². The van der Waals surface area contributed by atoms with Crippen LogP contribution < -0.4 is 0 Å². The Labute approximate surface area is 164 Å². The fraction of sp³-hybridized carbons (Fsp3) is 0.304. The van der Waals surface area contributed by atoms with Crippen LogP contribution in [0.15, 0.2) is 65.7 Å². The first-order chi connectivity index (χ1) is 13.2. The van der Waals surface area contributed by atoms with Gasteiger partial charge in [-0.1, -0.05) is 67.8 Å². The number of benzene rings is 2. The molecule has 3 nitrogen and oxygen atoms in total. The van der Waals surface area contributed by atoms with Crippen LogP contribution in [0.5, 0.6) is 0 Å². The van der Waals surface area contributed by atoms with Gasteiger partial charge in [0.05, 0.1) is 10.5 Å². The highest BCUT2D eigenvalue weighted by Gasteiger charge is 2.08. The van der Waals surface area contributed by atoms with E-state index >= 15 is 0 Å². The molecule has 1 aromatic heterocycles. The number of aromatic nitrogens is 1. The van der Waals surface area contributed by atoms with Crippen molar-refractivity contribution in [3.8, 4) is 11.1 Å². The van der Waals surface area contributed by atoms with Crippen molar-refractivity contribution in [2.24, 2.45) is 0 Å². The number of para-hydroxylation sites is 1. The van der Waals surface area contributed by atoms with Crippen LogP contribution in [0.2, 0.25) is 0 Å². The maximum Gasteiger partial charge on any atom is 0.303 e. The Hall–Kier alpha value is -2.33. The monoisotopic (exact) mass is 379 g/mol. The summed E-state index contributed by atoms with van der Waals surface area (Å²) in [5, 5.41) is 10.9. The molecular weight excluding hydrogens is 354 g/mol. The fourth-order valence-corrected chi connectivity index (χ4v) is 4.09. The van der Waals surface area contributed by atoms with Crippen LogP contribution in [0.25, 0.3) is 22.0 Å². The summed E-state index contributed by atoms with van der Waals surface area (Å²) in [5.41, 5.74) is 3.49. The Kier molecular flexibility index (Phi) is 7.28. The number of carboxylic acid groups (broad SMARTS) is 1. The zero-order chi connectivity index (χ0) is 18.9. The second-order valence-corrected chi connectivity index (χ2v) is 7.77. The number of carbonyl (C=O) groups is 1. The number of nitrogens with zero attached hydrogens (tertiary/aromatic N) is 1. The predicted octanol–water partition coefficient (Wildman–Crippen LogP) is 6.42. The van der Waals surface area contributed by atoms with E-state index in [-0.39, 0.29) is 6.42 Å². The van der Waals surface area contributed by atoms with Gasteiger partial charge in [0.15, 0.2) is 0 Å². The van der Waals surface area contributed by atoms with Crippen LogP contribution in [0.4, 0.5) is 0 Å². The van der Waals surface area contributed by atoms with Gasteiger partial charge in [-0.15, -0.1) is 11.8 Å². The van der Waals surface area contributed by atoms with Crippen molar-refractivity contribution in [2.75, 3.05) is 5.75 Å². The third kappa shape index (κ3) is 5.83. The molecule has 3 rings (SSSR count). The average molecular weight is 380 g/mol. The molecule has 27 heavy (non-hydrogen) atoms. The van der Waals surface area contributed by atoms with E-state index < -0.39 is 5.97 Å². The van der Waals surface area contributed by atoms with Gasteiger partial charge >= 0.3 is 5.97 Å². The van der Waals surface area contributed by atoms with Crippen molar-refractivity contribution in [3.63, 3.8) is 0 Å². The summed E-state index contributed by atoms with van der Waals surface area (Å²) in [4.78, 5) is 15.3. The van der Waals surface area contributed by atoms with Crippen molar-refractivity contribution in [1.29, 1.82) is 0 Å². The molecule has 0 spiro atoms. The van der Waals surface area contributed by atoms with Crippen LogP contribution >= 0.6 is 11.8 Å². The van der Waals surface area contributed by atoms with Crippen LogP contribution in [-0.4, -0.2) is 21.8 Å². The number of pyridine rings is 1. The van der Waals surface area contributed by atoms with E-state index in [2.05, 4.69) is 48.5 Å². The van der Waals surface area contributed by atoms with E-state index in [1.807, 2.05) is 23.9 Å². The maximum atomic E-state index is 10.5. The quantitative estimate of drug-likeness (QED) is 0.326. The zero-order valence-electron chi connectivity index (χ0n) is 15.4. The molecule has 0 saturated carbocycles. The largest absolute Gasteiger partial charge is 0.481 e. The van der Waals surface area contributed by atoms with Gasteiger partial charge in [-0.25, -0.2) is 4.98 Å². The molecular formula is C23H25NO2S. The smallest absolute Gasteiger partial charge is 0.303 e. The molecule has 0 unspecified atom stereocenters. The van der Waals surface area contributed by atoms with Gasteiger partial charge in [0.25, 0.3) is 0 Å². The van der Waals surface area contributed by atoms with E-state index in [0.29, 0.717) is 0 Å². The number of thioether (sulfide) groups is 1. The maximum absolute atomic E-state index is 10.5. The average Bonchev–Trinajstić information content (AvgIpc) is 2.70. The molecule has 0 aliphatic rings. The van der Waals surface area contributed by atoms with Gasteiger partial charge in [-0.2, -0.15) is 0 Å². The van der Waals surface area contributed by atoms with Gasteiger partial charge in [0, 0.05) is 11.8 Å². The van der Waals surface area contributed by atoms with Gasteiger partial charge in [-0.05, 0) is 41.9 Å². The molecule has 1 N–H and O–H groups in total. The molecule has 4 heteroatoms. The first kappa shape index (κ1) is 19.4. The summed E-state index contributed by atoms with van der Waals surface area (Å²) in [6.07, 6.45) is 5.46. The first-order valence-corrected chi connectivity index (χ1v) is 10.5. The van der Waals surface area contributed by atoms with Gasteiger partial charge in [0.1, 0.15) is 0 Å². The number of aliphatic carboxylic acids is 1. The summed E-state index contributed by atoms with van der Waals surface area (Å²) in [6.45, 7) is 0. The van der Waals surface area contributed by atoms with Crippen LogP contribution in [-0.2, 0) is 4.79 Å². The molecule has 0 aliphatic carbocycles. The first-order valence-electron chi connectivity index (χ1n) is 9.54. The van der Waals surface area contributed by atoms with Crippen molar-refractivity contribution < 1.29 is 9.90 Å². The van der Waals surface area contributed by atoms with Gasteiger partial charge in [0.2, 0.25) is 0 Å². The highest BCUT2D eigenvalue weighted by molar-refractivity contribution is 7.99. The SMILES string of the molecule is O=C(O)CCCCCCCSc1cc(-c2ccccc2)c2ccccc2n1. The number of rotatable bonds is 10. The third-order valence-electron chi connectivity index (χ3n) is 4.56. The molecule has 2 aromatic carbocycles. The number of carboxylic acids is 1. The lowest BCUT2D eigenvalue weighted by Crippen LogP contribution is -1.93. The van der Waals surface area contributed by atoms with E-state index in [9.17, 15) is 4.79 Å². The lowest BCUT2D eigenvalue weighted by atomic mass is 10.0. The Morgan fingerprint density at radius 1 is 0.889 bits per heavy atom. The molecule has 0 bridgehead atoms. The molecule has 1 heterocycles. The fourth-order valence-electron chi connectivity index (χ4n) is 3.17. The van der Waals surface area contributed by atoms with E-state index in [1.54, 1.807) is 0 Å². The Bertz CT molecular complexity index is 880. The summed E-state index contributed by atoms with van der Waals surface area (Å²) < 4.78 is 0. The molecule has 0 fully saturated rings. The lowest BCUT2D eigenvalue weighted by molar-refractivity contribution is -0.137. The van der Waals surface area contributed by atoms with Crippen molar-refractivity contribution in [2.45, 2.75) is 43.6 Å². The zero-order valence-corrected chi connectivity index (χ0v) is 16.3. The Morgan fingerprint density at radius 2 is 1.59 bits per heavy atom. The van der Waals surface area contributed by atoms with Crippen LogP contribution in [0.3, 0.4) is 0 Å². The second kappa shape index (κ2) is 10.1. The van der Waals surface area contributed by atoms with Gasteiger partial charge in [-0.3, -0.25) is 4.79 Å². The Morgan fingerprint density at radius 3 is 2.41 bits per heavy atom. The van der Waals surface area contributed by atoms with Crippen molar-refractivity contribution in [1.82, 2.24) is 4.98 Å². The number of unbranched alkanes of at least 4 members (excludes halogenated alkanes) is 4. The minimum absolute atomic E-state index is 0.290. The van der Waals surface area contributed by atoms with Crippen molar-refractivity contribution >= 4 is 28.6 Å².